The summed E-state index contributed by atoms with van der Waals surface area (Å²) in [6, 6.07) is 6.13. The van der Waals surface area contributed by atoms with Crippen molar-refractivity contribution in [3.8, 4) is 0 Å². The summed E-state index contributed by atoms with van der Waals surface area (Å²) in [7, 11) is 0. The van der Waals surface area contributed by atoms with Crippen molar-refractivity contribution < 1.29 is 14.0 Å². The number of rotatable bonds is 3. The fraction of sp³-hybridized carbons (Fsp3) is 0.429. The molecule has 2 heterocycles. The highest BCUT2D eigenvalue weighted by molar-refractivity contribution is 7.10. The van der Waals surface area contributed by atoms with Crippen LogP contribution in [0.3, 0.4) is 0 Å². The van der Waals surface area contributed by atoms with E-state index in [2.05, 4.69) is 16.7 Å². The van der Waals surface area contributed by atoms with Crippen molar-refractivity contribution in [1.29, 1.82) is 0 Å². The van der Waals surface area contributed by atoms with Crippen LogP contribution in [0.25, 0.3) is 0 Å². The molecular formula is C21H24FN3O2S. The van der Waals surface area contributed by atoms with E-state index in [1.165, 1.54) is 28.6 Å². The van der Waals surface area contributed by atoms with E-state index < -0.39 is 5.82 Å². The Hall–Kier alpha value is -2.41. The molecule has 1 aliphatic heterocycles. The molecule has 1 saturated carbocycles. The third-order valence-electron chi connectivity index (χ3n) is 5.55. The van der Waals surface area contributed by atoms with E-state index in [-0.39, 0.29) is 23.5 Å². The summed E-state index contributed by atoms with van der Waals surface area (Å²) in [6.07, 6.45) is 5.79. The Balaban J connectivity index is 1.40. The van der Waals surface area contributed by atoms with Crippen LogP contribution in [0.1, 0.15) is 42.5 Å². The Kier molecular flexibility index (Phi) is 5.62. The molecule has 0 radical (unpaired) electrons. The van der Waals surface area contributed by atoms with Gasteiger partial charge in [-0.25, -0.2) is 9.18 Å². The van der Waals surface area contributed by atoms with Crippen molar-refractivity contribution in [2.75, 3.05) is 17.2 Å². The van der Waals surface area contributed by atoms with Gasteiger partial charge in [0, 0.05) is 29.6 Å². The fourth-order valence-corrected chi connectivity index (χ4v) is 4.81. The summed E-state index contributed by atoms with van der Waals surface area (Å²) in [5, 5.41) is 7.58. The van der Waals surface area contributed by atoms with Gasteiger partial charge in [0.1, 0.15) is 5.82 Å². The smallest absolute Gasteiger partial charge is 0.322 e. The molecule has 0 spiro atoms. The Morgan fingerprint density at radius 2 is 1.93 bits per heavy atom. The first-order valence-electron chi connectivity index (χ1n) is 9.82. The van der Waals surface area contributed by atoms with Gasteiger partial charge in [0.05, 0.1) is 5.69 Å². The molecule has 0 bridgehead atoms. The number of hydrogen-bond donors (Lipinski definition) is 2. The highest BCUT2D eigenvalue weighted by atomic mass is 32.1. The first kappa shape index (κ1) is 18.9. The molecule has 0 unspecified atom stereocenters. The number of carbonyl (C=O) groups is 2. The maximum atomic E-state index is 14.2. The van der Waals surface area contributed by atoms with Crippen LogP contribution >= 0.6 is 11.3 Å². The molecule has 1 aliphatic carbocycles. The molecule has 1 fully saturated rings. The van der Waals surface area contributed by atoms with E-state index in [0.717, 1.165) is 38.5 Å². The number of urea groups is 1. The molecule has 0 saturated heterocycles. The van der Waals surface area contributed by atoms with Gasteiger partial charge in [-0.1, -0.05) is 19.3 Å². The maximum absolute atomic E-state index is 14.2. The van der Waals surface area contributed by atoms with Crippen LogP contribution in [0.5, 0.6) is 0 Å². The SMILES string of the molecule is O=C(Nc1cc(NC(=O)N2CCc3sccc3C2)ccc1F)C1CCCCC1. The Morgan fingerprint density at radius 3 is 2.75 bits per heavy atom. The maximum Gasteiger partial charge on any atom is 0.322 e. The number of carbonyl (C=O) groups excluding carboxylic acids is 2. The van der Waals surface area contributed by atoms with Crippen molar-refractivity contribution in [3.05, 3.63) is 45.9 Å². The topological polar surface area (TPSA) is 61.4 Å². The number of thiophene rings is 1. The Bertz CT molecular complexity index is 876. The first-order valence-corrected chi connectivity index (χ1v) is 10.7. The molecule has 3 amide bonds. The van der Waals surface area contributed by atoms with E-state index >= 15 is 0 Å². The highest BCUT2D eigenvalue weighted by Crippen LogP contribution is 2.27. The van der Waals surface area contributed by atoms with Gasteiger partial charge < -0.3 is 15.5 Å². The zero-order valence-electron chi connectivity index (χ0n) is 15.7. The molecule has 28 heavy (non-hydrogen) atoms. The number of anilines is 2. The summed E-state index contributed by atoms with van der Waals surface area (Å²) in [5.74, 6) is -0.689. The summed E-state index contributed by atoms with van der Waals surface area (Å²) >= 11 is 1.72. The van der Waals surface area contributed by atoms with Crippen LogP contribution in [0.2, 0.25) is 0 Å². The molecule has 2 aliphatic rings. The van der Waals surface area contributed by atoms with Crippen LogP contribution in [-0.4, -0.2) is 23.4 Å². The largest absolute Gasteiger partial charge is 0.323 e. The molecule has 5 nitrogen and oxygen atoms in total. The van der Waals surface area contributed by atoms with E-state index in [0.29, 0.717) is 18.8 Å². The fourth-order valence-electron chi connectivity index (χ4n) is 3.92. The van der Waals surface area contributed by atoms with E-state index in [1.807, 2.05) is 5.38 Å². The van der Waals surface area contributed by atoms with Crippen LogP contribution in [0.4, 0.5) is 20.6 Å². The van der Waals surface area contributed by atoms with Gasteiger partial charge in [0.15, 0.2) is 0 Å². The lowest BCUT2D eigenvalue weighted by Gasteiger charge is -2.27. The minimum absolute atomic E-state index is 0.0560. The lowest BCUT2D eigenvalue weighted by molar-refractivity contribution is -0.120. The molecule has 1 aromatic heterocycles. The summed E-state index contributed by atoms with van der Waals surface area (Å²) in [4.78, 5) is 28.1. The number of amides is 3. The van der Waals surface area contributed by atoms with Gasteiger partial charge in [-0.15, -0.1) is 11.3 Å². The normalized spacial score (nSPS) is 17.1. The molecule has 0 atom stereocenters. The molecule has 2 N–H and O–H groups in total. The van der Waals surface area contributed by atoms with Crippen molar-refractivity contribution in [3.63, 3.8) is 0 Å². The molecule has 4 rings (SSSR count). The average Bonchev–Trinajstić information content (AvgIpc) is 3.19. The average molecular weight is 402 g/mol. The van der Waals surface area contributed by atoms with Crippen molar-refractivity contribution >= 4 is 34.6 Å². The van der Waals surface area contributed by atoms with Crippen LogP contribution in [0.15, 0.2) is 29.6 Å². The summed E-state index contributed by atoms with van der Waals surface area (Å²) < 4.78 is 14.2. The number of nitrogens with zero attached hydrogens (tertiary/aromatic N) is 1. The van der Waals surface area contributed by atoms with Crippen molar-refractivity contribution in [1.82, 2.24) is 4.90 Å². The van der Waals surface area contributed by atoms with Crippen LogP contribution in [0, 0.1) is 11.7 Å². The van der Waals surface area contributed by atoms with Crippen molar-refractivity contribution in [2.45, 2.75) is 45.1 Å². The van der Waals surface area contributed by atoms with E-state index in [4.69, 9.17) is 0 Å². The second-order valence-electron chi connectivity index (χ2n) is 7.49. The lowest BCUT2D eigenvalue weighted by Crippen LogP contribution is -2.38. The minimum Gasteiger partial charge on any atom is -0.323 e. The highest BCUT2D eigenvalue weighted by Gasteiger charge is 2.23. The van der Waals surface area contributed by atoms with Gasteiger partial charge in [-0.3, -0.25) is 4.79 Å². The third-order valence-corrected chi connectivity index (χ3v) is 6.57. The van der Waals surface area contributed by atoms with Gasteiger partial charge >= 0.3 is 6.03 Å². The lowest BCUT2D eigenvalue weighted by atomic mass is 9.88. The predicted octanol–water partition coefficient (Wildman–Crippen LogP) is 5.00. The zero-order valence-corrected chi connectivity index (χ0v) is 16.5. The standard InChI is InChI=1S/C21H24FN3O2S/c22-17-7-6-16(12-18(17)24-20(26)14-4-2-1-3-5-14)23-21(27)25-10-8-19-15(13-25)9-11-28-19/h6-7,9,11-12,14H,1-5,8,10,13H2,(H,23,27)(H,24,26). The van der Waals surface area contributed by atoms with Gasteiger partial charge in [-0.2, -0.15) is 0 Å². The molecule has 1 aromatic carbocycles. The Labute approximate surface area is 167 Å². The first-order chi connectivity index (χ1) is 13.6. The quantitative estimate of drug-likeness (QED) is 0.761. The van der Waals surface area contributed by atoms with Gasteiger partial charge in [0.2, 0.25) is 5.91 Å². The van der Waals surface area contributed by atoms with E-state index in [1.54, 1.807) is 16.2 Å². The summed E-state index contributed by atoms with van der Waals surface area (Å²) in [5.41, 5.74) is 1.78. The number of benzene rings is 1. The second-order valence-corrected chi connectivity index (χ2v) is 8.49. The zero-order chi connectivity index (χ0) is 19.5. The molecular weight excluding hydrogens is 377 g/mol. The predicted molar refractivity (Wildman–Crippen MR) is 109 cm³/mol. The van der Waals surface area contributed by atoms with Crippen molar-refractivity contribution in [2.24, 2.45) is 5.92 Å². The van der Waals surface area contributed by atoms with Gasteiger partial charge in [-0.05, 0) is 54.5 Å². The van der Waals surface area contributed by atoms with Gasteiger partial charge in [0.25, 0.3) is 0 Å². The number of fused-ring (bicyclic) bond motifs is 1. The number of nitrogens with one attached hydrogen (secondary N) is 2. The Morgan fingerprint density at radius 1 is 1.11 bits per heavy atom. The summed E-state index contributed by atoms with van der Waals surface area (Å²) in [6.45, 7) is 1.24. The van der Waals surface area contributed by atoms with Crippen LogP contribution in [-0.2, 0) is 17.8 Å². The number of halogens is 1. The third kappa shape index (κ3) is 4.19. The number of hydrogen-bond acceptors (Lipinski definition) is 3. The second kappa shape index (κ2) is 8.31. The monoisotopic (exact) mass is 401 g/mol. The molecule has 2 aromatic rings. The molecule has 7 heteroatoms. The minimum atomic E-state index is -0.497. The van der Waals surface area contributed by atoms with E-state index in [9.17, 15) is 14.0 Å². The molecule has 148 valence electrons. The van der Waals surface area contributed by atoms with Crippen LogP contribution < -0.4 is 10.6 Å².